The first-order chi connectivity index (χ1) is 11.3. The highest BCUT2D eigenvalue weighted by molar-refractivity contribution is 14.0. The van der Waals surface area contributed by atoms with E-state index in [9.17, 15) is 18.3 Å². The van der Waals surface area contributed by atoms with Gasteiger partial charge in [0, 0.05) is 38.8 Å². The monoisotopic (exact) mass is 482 g/mol. The van der Waals surface area contributed by atoms with Crippen LogP contribution in [0.25, 0.3) is 0 Å². The molecule has 1 rings (SSSR count). The first-order valence-electron chi connectivity index (χ1n) is 8.19. The quantitative estimate of drug-likeness (QED) is 0.201. The van der Waals surface area contributed by atoms with Gasteiger partial charge in [0.05, 0.1) is 13.2 Å². The lowest BCUT2D eigenvalue weighted by molar-refractivity contribution is -0.143. The molecule has 0 spiro atoms. The summed E-state index contributed by atoms with van der Waals surface area (Å²) in [7, 11) is 3.11. The molecule has 150 valence electrons. The summed E-state index contributed by atoms with van der Waals surface area (Å²) in [5, 5.41) is 15.5. The second-order valence-electron chi connectivity index (χ2n) is 6.34. The maximum Gasteiger partial charge on any atom is 0.401 e. The second-order valence-corrected chi connectivity index (χ2v) is 6.34. The number of halogens is 4. The lowest BCUT2D eigenvalue weighted by atomic mass is 9.84. The Bertz CT molecular complexity index is 391. The molecule has 0 bridgehead atoms. The highest BCUT2D eigenvalue weighted by Crippen LogP contribution is 2.31. The van der Waals surface area contributed by atoms with Crippen molar-refractivity contribution in [2.45, 2.75) is 25.4 Å². The second kappa shape index (κ2) is 12.1. The number of alkyl halides is 3. The smallest absolute Gasteiger partial charge is 0.396 e. The van der Waals surface area contributed by atoms with Crippen LogP contribution >= 0.6 is 24.0 Å². The maximum atomic E-state index is 12.2. The third kappa shape index (κ3) is 10.4. The average Bonchev–Trinajstić information content (AvgIpc) is 2.94. The van der Waals surface area contributed by atoms with Crippen molar-refractivity contribution >= 4 is 29.9 Å². The molecule has 0 amide bonds. The predicted molar refractivity (Wildman–Crippen MR) is 103 cm³/mol. The lowest BCUT2D eigenvalue weighted by Gasteiger charge is -2.27. The van der Waals surface area contributed by atoms with Crippen molar-refractivity contribution in [3.05, 3.63) is 0 Å². The Labute approximate surface area is 164 Å². The highest BCUT2D eigenvalue weighted by Gasteiger charge is 2.34. The van der Waals surface area contributed by atoms with Crippen LogP contribution in [0.15, 0.2) is 4.99 Å². The molecule has 0 aromatic carbocycles. The molecule has 6 nitrogen and oxygen atoms in total. The number of hydrogen-bond acceptors (Lipinski definition) is 4. The summed E-state index contributed by atoms with van der Waals surface area (Å²) in [6.07, 6.45) is -2.03. The summed E-state index contributed by atoms with van der Waals surface area (Å²) in [5.74, 6) is 0.609. The van der Waals surface area contributed by atoms with Crippen molar-refractivity contribution in [3.63, 3.8) is 0 Å². The summed E-state index contributed by atoms with van der Waals surface area (Å²) >= 11 is 0. The average molecular weight is 482 g/mol. The number of ether oxygens (including phenoxy) is 1. The van der Waals surface area contributed by atoms with Gasteiger partial charge in [-0.05, 0) is 32.9 Å². The Morgan fingerprint density at radius 2 is 2.08 bits per heavy atom. The Morgan fingerprint density at radius 1 is 1.36 bits per heavy atom. The molecule has 1 atom stereocenters. The molecular formula is C15H30F3IN4O2. The molecular weight excluding hydrogens is 452 g/mol. The number of rotatable bonds is 9. The van der Waals surface area contributed by atoms with Gasteiger partial charge in [-0.3, -0.25) is 9.89 Å². The number of aliphatic hydroxyl groups is 1. The molecule has 0 radical (unpaired) electrons. The van der Waals surface area contributed by atoms with Gasteiger partial charge in [0.15, 0.2) is 5.96 Å². The van der Waals surface area contributed by atoms with E-state index in [1.54, 1.807) is 7.05 Å². The Morgan fingerprint density at radius 3 is 2.60 bits per heavy atom. The molecule has 1 heterocycles. The predicted octanol–water partition coefficient (Wildman–Crippen LogP) is 1.44. The number of hydrogen-bond donors (Lipinski definition) is 3. The molecule has 0 aromatic heterocycles. The zero-order chi connectivity index (χ0) is 18.1. The van der Waals surface area contributed by atoms with Crippen molar-refractivity contribution < 1.29 is 23.0 Å². The molecule has 1 aliphatic rings. The van der Waals surface area contributed by atoms with E-state index in [-0.39, 0.29) is 36.0 Å². The van der Waals surface area contributed by atoms with Crippen LogP contribution in [0.4, 0.5) is 13.2 Å². The summed E-state index contributed by atoms with van der Waals surface area (Å²) in [4.78, 5) is 5.37. The van der Waals surface area contributed by atoms with Crippen LogP contribution in [0.5, 0.6) is 0 Å². The fraction of sp³-hybridized carbons (Fsp3) is 0.933. The molecule has 1 fully saturated rings. The molecule has 0 aromatic rings. The molecule has 10 heteroatoms. The minimum absolute atomic E-state index is 0. The van der Waals surface area contributed by atoms with E-state index in [2.05, 4.69) is 15.6 Å². The van der Waals surface area contributed by atoms with Crippen molar-refractivity contribution in [3.8, 4) is 0 Å². The summed E-state index contributed by atoms with van der Waals surface area (Å²) in [5.41, 5.74) is -0.0840. The third-order valence-corrected chi connectivity index (χ3v) is 4.14. The lowest BCUT2D eigenvalue weighted by Crippen LogP contribution is -2.45. The van der Waals surface area contributed by atoms with Gasteiger partial charge in [-0.1, -0.05) is 0 Å². The van der Waals surface area contributed by atoms with Gasteiger partial charge < -0.3 is 20.5 Å². The first kappa shape index (κ1) is 24.7. The van der Waals surface area contributed by atoms with Crippen LogP contribution in [0.2, 0.25) is 0 Å². The van der Waals surface area contributed by atoms with Crippen molar-refractivity contribution in [1.82, 2.24) is 15.5 Å². The zero-order valence-corrected chi connectivity index (χ0v) is 17.2. The van der Waals surface area contributed by atoms with E-state index in [1.165, 1.54) is 11.9 Å². The molecule has 0 saturated carbocycles. The first-order valence-corrected chi connectivity index (χ1v) is 8.19. The summed E-state index contributed by atoms with van der Waals surface area (Å²) in [6.45, 7) is 2.05. The molecule has 3 N–H and O–H groups in total. The fourth-order valence-corrected chi connectivity index (χ4v) is 2.74. The van der Waals surface area contributed by atoms with Gasteiger partial charge in [0.25, 0.3) is 0 Å². The van der Waals surface area contributed by atoms with Gasteiger partial charge in [-0.2, -0.15) is 13.2 Å². The van der Waals surface area contributed by atoms with E-state index in [0.29, 0.717) is 51.6 Å². The van der Waals surface area contributed by atoms with Gasteiger partial charge >= 0.3 is 6.18 Å². The van der Waals surface area contributed by atoms with Crippen molar-refractivity contribution in [2.24, 2.45) is 10.4 Å². The van der Waals surface area contributed by atoms with Gasteiger partial charge in [-0.25, -0.2) is 0 Å². The van der Waals surface area contributed by atoms with E-state index in [1.807, 2.05) is 0 Å². The van der Waals surface area contributed by atoms with Gasteiger partial charge in [0.1, 0.15) is 0 Å². The number of nitrogens with zero attached hydrogens (tertiary/aromatic N) is 2. The van der Waals surface area contributed by atoms with Crippen LogP contribution < -0.4 is 10.6 Å². The summed E-state index contributed by atoms with van der Waals surface area (Å²) in [6, 6.07) is 0. The van der Waals surface area contributed by atoms with E-state index < -0.39 is 12.7 Å². The molecule has 1 unspecified atom stereocenters. The standard InChI is InChI=1S/C15H29F3N4O2.HI/c1-19-13(20-6-3-7-22(2)11-15(16,17)18)21-10-14(4-8-23)5-9-24-12-14;/h23H,3-12H2,1-2H3,(H2,19,20,21);1H. The minimum Gasteiger partial charge on any atom is -0.396 e. The van der Waals surface area contributed by atoms with Crippen molar-refractivity contribution in [1.29, 1.82) is 0 Å². The molecule has 1 aliphatic heterocycles. The highest BCUT2D eigenvalue weighted by atomic mass is 127. The maximum absolute atomic E-state index is 12.2. The third-order valence-electron chi connectivity index (χ3n) is 4.14. The van der Waals surface area contributed by atoms with Gasteiger partial charge in [0.2, 0.25) is 0 Å². The van der Waals surface area contributed by atoms with E-state index in [0.717, 1.165) is 6.42 Å². The summed E-state index contributed by atoms with van der Waals surface area (Å²) < 4.78 is 42.1. The molecule has 25 heavy (non-hydrogen) atoms. The van der Waals surface area contributed by atoms with Crippen LogP contribution in [0.3, 0.4) is 0 Å². The fourth-order valence-electron chi connectivity index (χ4n) is 2.74. The Hall–Kier alpha value is -0.330. The van der Waals surface area contributed by atoms with Crippen molar-refractivity contribution in [2.75, 3.05) is 60.1 Å². The van der Waals surface area contributed by atoms with Gasteiger partial charge in [-0.15, -0.1) is 24.0 Å². The topological polar surface area (TPSA) is 69.1 Å². The molecule has 0 aliphatic carbocycles. The molecule has 1 saturated heterocycles. The number of aliphatic hydroxyl groups excluding tert-OH is 1. The SMILES string of the molecule is CN=C(NCCCN(C)CC(F)(F)F)NCC1(CCO)CCOC1.I. The number of nitrogens with one attached hydrogen (secondary N) is 2. The van der Waals surface area contributed by atoms with Crippen LogP contribution in [-0.4, -0.2) is 82.2 Å². The Balaban J connectivity index is 0.00000576. The Kier molecular flexibility index (Phi) is 12.0. The zero-order valence-electron chi connectivity index (χ0n) is 14.9. The van der Waals surface area contributed by atoms with E-state index in [4.69, 9.17) is 4.74 Å². The number of guanidine groups is 1. The largest absolute Gasteiger partial charge is 0.401 e. The van der Waals surface area contributed by atoms with Crippen LogP contribution in [0, 0.1) is 5.41 Å². The number of aliphatic imine (C=N–C) groups is 1. The van der Waals surface area contributed by atoms with E-state index >= 15 is 0 Å². The normalized spacial score (nSPS) is 21.3. The minimum atomic E-state index is -4.16. The van der Waals surface area contributed by atoms with Crippen LogP contribution in [0.1, 0.15) is 19.3 Å². The van der Waals surface area contributed by atoms with Crippen LogP contribution in [-0.2, 0) is 4.74 Å².